The molecule has 2 rings (SSSR count). The van der Waals surface area contributed by atoms with Crippen molar-refractivity contribution in [2.45, 2.75) is 25.9 Å². The molecule has 0 fully saturated rings. The number of urea groups is 1. The normalized spacial score (nSPS) is 11.9. The number of aromatic amines is 1. The van der Waals surface area contributed by atoms with Crippen LogP contribution in [0.1, 0.15) is 16.8 Å². The van der Waals surface area contributed by atoms with Gasteiger partial charge >= 0.3 is 12.0 Å². The van der Waals surface area contributed by atoms with Crippen molar-refractivity contribution in [2.75, 3.05) is 0 Å². The number of aliphatic carboxylic acids is 1. The minimum Gasteiger partial charge on any atom is -0.480 e. The molecule has 1 atom stereocenters. The molecule has 0 saturated heterocycles. The lowest BCUT2D eigenvalue weighted by Crippen LogP contribution is -2.47. The third-order valence-electron chi connectivity index (χ3n) is 2.98. The number of aromatic nitrogens is 2. The summed E-state index contributed by atoms with van der Waals surface area (Å²) in [5.74, 6) is -1.09. The molecule has 8 heteroatoms. The summed E-state index contributed by atoms with van der Waals surface area (Å²) in [4.78, 5) is 29.6. The molecule has 2 heterocycles. The summed E-state index contributed by atoms with van der Waals surface area (Å²) < 4.78 is 0. The SMILES string of the molecule is Cc1cscc1CNC(=O)NC(Cc1cnc[nH]1)C(=O)O. The Bertz CT molecular complexity index is 609. The third kappa shape index (κ3) is 4.32. The number of hydrogen-bond acceptors (Lipinski definition) is 4. The maximum Gasteiger partial charge on any atom is 0.326 e. The zero-order valence-electron chi connectivity index (χ0n) is 11.4. The van der Waals surface area contributed by atoms with Gasteiger partial charge < -0.3 is 20.7 Å². The number of nitrogens with zero attached hydrogens (tertiary/aromatic N) is 1. The maximum atomic E-state index is 11.8. The molecule has 2 aromatic rings. The van der Waals surface area contributed by atoms with Crippen molar-refractivity contribution in [1.82, 2.24) is 20.6 Å². The minimum absolute atomic E-state index is 0.153. The highest BCUT2D eigenvalue weighted by Gasteiger charge is 2.20. The molecule has 2 aromatic heterocycles. The number of carbonyl (C=O) groups excluding carboxylic acids is 1. The summed E-state index contributed by atoms with van der Waals surface area (Å²) in [6.07, 6.45) is 3.15. The molecule has 1 unspecified atom stereocenters. The molecule has 0 aliphatic carbocycles. The summed E-state index contributed by atoms with van der Waals surface area (Å²) in [5, 5.41) is 18.2. The van der Waals surface area contributed by atoms with E-state index in [2.05, 4.69) is 20.6 Å². The number of carboxylic acids is 1. The summed E-state index contributed by atoms with van der Waals surface area (Å²) >= 11 is 1.56. The summed E-state index contributed by atoms with van der Waals surface area (Å²) in [5.41, 5.74) is 2.78. The Labute approximate surface area is 125 Å². The molecular formula is C13H16N4O3S. The minimum atomic E-state index is -1.09. The van der Waals surface area contributed by atoms with Crippen molar-refractivity contribution in [3.63, 3.8) is 0 Å². The van der Waals surface area contributed by atoms with Gasteiger partial charge in [-0.2, -0.15) is 11.3 Å². The van der Waals surface area contributed by atoms with E-state index in [9.17, 15) is 9.59 Å². The van der Waals surface area contributed by atoms with E-state index in [0.29, 0.717) is 12.2 Å². The third-order valence-corrected chi connectivity index (χ3v) is 3.89. The van der Waals surface area contributed by atoms with Gasteiger partial charge in [-0.05, 0) is 28.8 Å². The predicted molar refractivity (Wildman–Crippen MR) is 78.1 cm³/mol. The van der Waals surface area contributed by atoms with Crippen LogP contribution in [-0.4, -0.2) is 33.1 Å². The van der Waals surface area contributed by atoms with Gasteiger partial charge in [0.05, 0.1) is 6.33 Å². The molecule has 4 N–H and O–H groups in total. The molecule has 21 heavy (non-hydrogen) atoms. The van der Waals surface area contributed by atoms with Crippen LogP contribution in [0.2, 0.25) is 0 Å². The fraction of sp³-hybridized carbons (Fsp3) is 0.308. The predicted octanol–water partition coefficient (Wildman–Crippen LogP) is 1.27. The summed E-state index contributed by atoms with van der Waals surface area (Å²) in [6.45, 7) is 2.33. The first-order chi connectivity index (χ1) is 10.1. The summed E-state index contributed by atoms with van der Waals surface area (Å²) in [7, 11) is 0. The van der Waals surface area contributed by atoms with Gasteiger partial charge in [-0.3, -0.25) is 0 Å². The molecule has 2 amide bonds. The standard InChI is InChI=1S/C13H16N4O3S/c1-8-5-21-6-9(8)3-15-13(20)17-11(12(18)19)2-10-4-14-7-16-10/h4-7,11H,2-3H2,1H3,(H,14,16)(H,18,19)(H2,15,17,20). The zero-order valence-corrected chi connectivity index (χ0v) is 12.2. The number of thiophene rings is 1. The van der Waals surface area contributed by atoms with Crippen molar-refractivity contribution >= 4 is 23.3 Å². The lowest BCUT2D eigenvalue weighted by Gasteiger charge is -2.14. The van der Waals surface area contributed by atoms with E-state index in [4.69, 9.17) is 5.11 Å². The van der Waals surface area contributed by atoms with E-state index in [-0.39, 0.29) is 6.42 Å². The Hall–Kier alpha value is -2.35. The molecular weight excluding hydrogens is 292 g/mol. The smallest absolute Gasteiger partial charge is 0.326 e. The number of nitrogens with one attached hydrogen (secondary N) is 3. The maximum absolute atomic E-state index is 11.8. The van der Waals surface area contributed by atoms with Crippen molar-refractivity contribution in [1.29, 1.82) is 0 Å². The quantitative estimate of drug-likeness (QED) is 0.644. The number of amides is 2. The number of rotatable bonds is 6. The highest BCUT2D eigenvalue weighted by Crippen LogP contribution is 2.12. The molecule has 0 spiro atoms. The van der Waals surface area contributed by atoms with Crippen LogP contribution >= 0.6 is 11.3 Å². The van der Waals surface area contributed by atoms with Crippen LogP contribution in [0, 0.1) is 6.92 Å². The topological polar surface area (TPSA) is 107 Å². The number of carbonyl (C=O) groups is 2. The van der Waals surface area contributed by atoms with E-state index < -0.39 is 18.0 Å². The van der Waals surface area contributed by atoms with E-state index in [1.807, 2.05) is 17.7 Å². The van der Waals surface area contributed by atoms with Crippen LogP contribution < -0.4 is 10.6 Å². The Kier molecular flexibility index (Phi) is 4.94. The average molecular weight is 308 g/mol. The van der Waals surface area contributed by atoms with Crippen molar-refractivity contribution in [3.8, 4) is 0 Å². The van der Waals surface area contributed by atoms with Crippen molar-refractivity contribution in [2.24, 2.45) is 0 Å². The van der Waals surface area contributed by atoms with Crippen LogP contribution in [0.25, 0.3) is 0 Å². The first-order valence-electron chi connectivity index (χ1n) is 6.32. The van der Waals surface area contributed by atoms with Gasteiger partial charge in [-0.15, -0.1) is 0 Å². The van der Waals surface area contributed by atoms with Crippen LogP contribution in [0.3, 0.4) is 0 Å². The first kappa shape index (κ1) is 15.0. The molecule has 0 aliphatic rings. The van der Waals surface area contributed by atoms with Gasteiger partial charge in [0.15, 0.2) is 0 Å². The van der Waals surface area contributed by atoms with Crippen LogP contribution in [0.4, 0.5) is 4.79 Å². The number of aryl methyl sites for hydroxylation is 1. The number of H-pyrrole nitrogens is 1. The summed E-state index contributed by atoms with van der Waals surface area (Å²) in [6, 6.07) is -1.51. The van der Waals surface area contributed by atoms with E-state index in [1.165, 1.54) is 12.5 Å². The zero-order chi connectivity index (χ0) is 15.2. The molecule has 0 bridgehead atoms. The van der Waals surface area contributed by atoms with E-state index >= 15 is 0 Å². The lowest BCUT2D eigenvalue weighted by atomic mass is 10.1. The molecule has 112 valence electrons. The monoisotopic (exact) mass is 308 g/mol. The van der Waals surface area contributed by atoms with Crippen LogP contribution in [0.5, 0.6) is 0 Å². The Morgan fingerprint density at radius 3 is 2.86 bits per heavy atom. The fourth-order valence-electron chi connectivity index (χ4n) is 1.77. The van der Waals surface area contributed by atoms with Crippen molar-refractivity contribution < 1.29 is 14.7 Å². The number of carboxylic acid groups (broad SMARTS) is 1. The van der Waals surface area contributed by atoms with Gasteiger partial charge in [0, 0.05) is 24.9 Å². The number of imidazole rings is 1. The first-order valence-corrected chi connectivity index (χ1v) is 7.26. The molecule has 0 aromatic carbocycles. The molecule has 0 aliphatic heterocycles. The lowest BCUT2D eigenvalue weighted by molar-refractivity contribution is -0.139. The fourth-order valence-corrected chi connectivity index (χ4v) is 2.63. The van der Waals surface area contributed by atoms with Gasteiger partial charge in [0.1, 0.15) is 6.04 Å². The highest BCUT2D eigenvalue weighted by atomic mass is 32.1. The average Bonchev–Trinajstić information content (AvgIpc) is 3.07. The van der Waals surface area contributed by atoms with Crippen LogP contribution in [-0.2, 0) is 17.8 Å². The molecule has 7 nitrogen and oxygen atoms in total. The van der Waals surface area contributed by atoms with Gasteiger partial charge in [-0.1, -0.05) is 0 Å². The number of hydrogen-bond donors (Lipinski definition) is 4. The second-order valence-electron chi connectivity index (χ2n) is 4.58. The van der Waals surface area contributed by atoms with Crippen molar-refractivity contribution in [3.05, 3.63) is 40.1 Å². The Balaban J connectivity index is 1.86. The van der Waals surface area contributed by atoms with Gasteiger partial charge in [-0.25, -0.2) is 14.6 Å². The Morgan fingerprint density at radius 2 is 2.29 bits per heavy atom. The highest BCUT2D eigenvalue weighted by molar-refractivity contribution is 7.08. The van der Waals surface area contributed by atoms with E-state index in [1.54, 1.807) is 11.3 Å². The second kappa shape index (κ2) is 6.89. The van der Waals surface area contributed by atoms with E-state index in [0.717, 1.165) is 11.1 Å². The Morgan fingerprint density at radius 1 is 1.48 bits per heavy atom. The largest absolute Gasteiger partial charge is 0.480 e. The van der Waals surface area contributed by atoms with Crippen LogP contribution in [0.15, 0.2) is 23.3 Å². The second-order valence-corrected chi connectivity index (χ2v) is 5.32. The van der Waals surface area contributed by atoms with Gasteiger partial charge in [0.25, 0.3) is 0 Å². The molecule has 0 saturated carbocycles. The molecule has 0 radical (unpaired) electrons. The van der Waals surface area contributed by atoms with Gasteiger partial charge in [0.2, 0.25) is 0 Å².